The van der Waals surface area contributed by atoms with Crippen molar-refractivity contribution in [3.05, 3.63) is 53.2 Å². The summed E-state index contributed by atoms with van der Waals surface area (Å²) in [6.45, 7) is 4.78. The molecular weight excluding hydrogens is 269 g/mol. The van der Waals surface area contributed by atoms with Gasteiger partial charge < -0.3 is 10.1 Å². The fraction of sp³-hybridized carbons (Fsp3) is 0.375. The van der Waals surface area contributed by atoms with Crippen LogP contribution >= 0.6 is 0 Å². The minimum atomic E-state index is -0.318. The van der Waals surface area contributed by atoms with E-state index in [9.17, 15) is 4.39 Å². The van der Waals surface area contributed by atoms with Gasteiger partial charge >= 0.3 is 0 Å². The van der Waals surface area contributed by atoms with Crippen LogP contribution in [0.5, 0.6) is 5.88 Å². The number of aromatic nitrogens is 2. The van der Waals surface area contributed by atoms with Crippen molar-refractivity contribution >= 4 is 0 Å². The van der Waals surface area contributed by atoms with Crippen LogP contribution in [0.25, 0.3) is 0 Å². The van der Waals surface area contributed by atoms with Crippen LogP contribution in [-0.2, 0) is 0 Å². The number of benzene rings is 1. The average molecular weight is 289 g/mol. The van der Waals surface area contributed by atoms with Crippen molar-refractivity contribution in [1.29, 1.82) is 0 Å². The first-order chi connectivity index (χ1) is 10.2. The molecule has 5 heteroatoms. The molecule has 1 atom stereocenters. The maximum atomic E-state index is 14.2. The van der Waals surface area contributed by atoms with Gasteiger partial charge in [0.25, 0.3) is 0 Å². The van der Waals surface area contributed by atoms with Crippen molar-refractivity contribution in [2.75, 3.05) is 13.7 Å². The monoisotopic (exact) mass is 289 g/mol. The predicted molar refractivity (Wildman–Crippen MR) is 79.9 cm³/mol. The molecule has 1 aromatic heterocycles. The van der Waals surface area contributed by atoms with Crippen LogP contribution < -0.4 is 10.1 Å². The lowest BCUT2D eigenvalue weighted by Gasteiger charge is -2.20. The highest BCUT2D eigenvalue weighted by Crippen LogP contribution is 2.25. The highest BCUT2D eigenvalue weighted by molar-refractivity contribution is 5.33. The number of rotatable bonds is 6. The summed E-state index contributed by atoms with van der Waals surface area (Å²) in [6, 6.07) is 6.51. The van der Waals surface area contributed by atoms with E-state index >= 15 is 0 Å². The van der Waals surface area contributed by atoms with Gasteiger partial charge in [0, 0.05) is 11.6 Å². The largest absolute Gasteiger partial charge is 0.481 e. The van der Waals surface area contributed by atoms with E-state index in [1.54, 1.807) is 19.2 Å². The smallest absolute Gasteiger partial charge is 0.216 e. The van der Waals surface area contributed by atoms with Crippen LogP contribution in [0, 0.1) is 12.7 Å². The van der Waals surface area contributed by atoms with E-state index in [4.69, 9.17) is 4.74 Å². The Morgan fingerprint density at radius 3 is 2.81 bits per heavy atom. The molecule has 0 spiro atoms. The molecule has 0 saturated heterocycles. The van der Waals surface area contributed by atoms with Crippen LogP contribution in [0.3, 0.4) is 0 Å². The molecule has 0 amide bonds. The predicted octanol–water partition coefficient (Wildman–Crippen LogP) is 3.02. The van der Waals surface area contributed by atoms with Gasteiger partial charge in [0.15, 0.2) is 0 Å². The molecule has 2 rings (SSSR count). The molecule has 0 aliphatic heterocycles. The maximum Gasteiger partial charge on any atom is 0.216 e. The molecule has 0 aliphatic carbocycles. The quantitative estimate of drug-likeness (QED) is 0.888. The summed E-state index contributed by atoms with van der Waals surface area (Å²) >= 11 is 0. The summed E-state index contributed by atoms with van der Waals surface area (Å²) in [4.78, 5) is 8.27. The van der Waals surface area contributed by atoms with E-state index < -0.39 is 0 Å². The molecule has 1 aromatic carbocycles. The normalized spacial score (nSPS) is 12.2. The Labute approximate surface area is 124 Å². The standard InChI is InChI=1S/C16H20FN3O/c1-4-7-18-16(12-8-11(2)5-6-13(12)17)14-9-15(21-3)20-10-19-14/h5-6,8-10,16,18H,4,7H2,1-3H3. The van der Waals surface area contributed by atoms with E-state index in [0.717, 1.165) is 18.5 Å². The van der Waals surface area contributed by atoms with Gasteiger partial charge in [-0.25, -0.2) is 14.4 Å². The Hall–Kier alpha value is -2.01. The minimum Gasteiger partial charge on any atom is -0.481 e. The molecule has 112 valence electrons. The summed E-state index contributed by atoms with van der Waals surface area (Å²) in [5.74, 6) is 0.225. The first-order valence-corrected chi connectivity index (χ1v) is 7.01. The topological polar surface area (TPSA) is 47.0 Å². The van der Waals surface area contributed by atoms with Gasteiger partial charge in [-0.2, -0.15) is 0 Å². The Kier molecular flexibility index (Phi) is 5.22. The molecule has 0 bridgehead atoms. The molecular formula is C16H20FN3O. The van der Waals surface area contributed by atoms with Crippen molar-refractivity contribution in [2.24, 2.45) is 0 Å². The van der Waals surface area contributed by atoms with Gasteiger partial charge in [-0.05, 0) is 26.0 Å². The van der Waals surface area contributed by atoms with E-state index in [2.05, 4.69) is 22.2 Å². The van der Waals surface area contributed by atoms with E-state index in [1.165, 1.54) is 12.4 Å². The highest BCUT2D eigenvalue weighted by Gasteiger charge is 2.19. The maximum absolute atomic E-state index is 14.2. The van der Waals surface area contributed by atoms with Gasteiger partial charge in [-0.15, -0.1) is 0 Å². The number of nitrogens with zero attached hydrogens (tertiary/aromatic N) is 2. The lowest BCUT2D eigenvalue weighted by molar-refractivity contribution is 0.394. The summed E-state index contributed by atoms with van der Waals surface area (Å²) in [5.41, 5.74) is 2.29. The number of nitrogens with one attached hydrogen (secondary N) is 1. The van der Waals surface area contributed by atoms with Crippen LogP contribution in [0.4, 0.5) is 4.39 Å². The van der Waals surface area contributed by atoms with Crippen LogP contribution in [0.1, 0.15) is 36.2 Å². The fourth-order valence-electron chi connectivity index (χ4n) is 2.17. The molecule has 1 heterocycles. The second-order valence-electron chi connectivity index (χ2n) is 4.90. The van der Waals surface area contributed by atoms with Gasteiger partial charge in [0.1, 0.15) is 12.1 Å². The number of hydrogen-bond donors (Lipinski definition) is 1. The summed E-state index contributed by atoms with van der Waals surface area (Å²) in [6.07, 6.45) is 2.38. The van der Waals surface area contributed by atoms with Crippen molar-refractivity contribution in [3.63, 3.8) is 0 Å². The third kappa shape index (κ3) is 3.76. The molecule has 0 saturated carbocycles. The molecule has 0 aliphatic rings. The lowest BCUT2D eigenvalue weighted by Crippen LogP contribution is -2.25. The second-order valence-corrected chi connectivity index (χ2v) is 4.90. The van der Waals surface area contributed by atoms with Crippen molar-refractivity contribution in [3.8, 4) is 5.88 Å². The van der Waals surface area contributed by atoms with Crippen LogP contribution in [0.2, 0.25) is 0 Å². The Balaban J connectivity index is 2.44. The molecule has 21 heavy (non-hydrogen) atoms. The van der Waals surface area contributed by atoms with Gasteiger partial charge in [-0.1, -0.05) is 24.6 Å². The minimum absolute atomic E-state index is 0.244. The lowest BCUT2D eigenvalue weighted by atomic mass is 10.0. The number of halogens is 1. The Morgan fingerprint density at radius 1 is 1.29 bits per heavy atom. The van der Waals surface area contributed by atoms with Crippen LogP contribution in [0.15, 0.2) is 30.6 Å². The fourth-order valence-corrected chi connectivity index (χ4v) is 2.17. The zero-order chi connectivity index (χ0) is 15.2. The third-order valence-corrected chi connectivity index (χ3v) is 3.23. The zero-order valence-corrected chi connectivity index (χ0v) is 12.6. The van der Waals surface area contributed by atoms with E-state index in [0.29, 0.717) is 17.1 Å². The number of aryl methyl sites for hydroxylation is 1. The van der Waals surface area contributed by atoms with Gasteiger partial charge in [0.2, 0.25) is 5.88 Å². The van der Waals surface area contributed by atoms with E-state index in [-0.39, 0.29) is 11.9 Å². The number of hydrogen-bond acceptors (Lipinski definition) is 4. The number of ether oxygens (including phenoxy) is 1. The van der Waals surface area contributed by atoms with Gasteiger partial charge in [0.05, 0.1) is 18.8 Å². The van der Waals surface area contributed by atoms with Gasteiger partial charge in [-0.3, -0.25) is 0 Å². The Morgan fingerprint density at radius 2 is 2.10 bits per heavy atom. The SMILES string of the molecule is CCCNC(c1cc(OC)ncn1)c1cc(C)ccc1F. The summed E-state index contributed by atoms with van der Waals surface area (Å²) in [7, 11) is 1.55. The molecule has 4 nitrogen and oxygen atoms in total. The third-order valence-electron chi connectivity index (χ3n) is 3.23. The first-order valence-electron chi connectivity index (χ1n) is 7.01. The van der Waals surface area contributed by atoms with Crippen molar-refractivity contribution in [2.45, 2.75) is 26.3 Å². The zero-order valence-electron chi connectivity index (χ0n) is 12.6. The second kappa shape index (κ2) is 7.13. The van der Waals surface area contributed by atoms with E-state index in [1.807, 2.05) is 13.0 Å². The van der Waals surface area contributed by atoms with Crippen molar-refractivity contribution in [1.82, 2.24) is 15.3 Å². The molecule has 1 N–H and O–H groups in total. The highest BCUT2D eigenvalue weighted by atomic mass is 19.1. The first kappa shape index (κ1) is 15.4. The summed E-state index contributed by atoms with van der Waals surface area (Å²) < 4.78 is 19.3. The average Bonchev–Trinajstić information content (AvgIpc) is 2.51. The van der Waals surface area contributed by atoms with Crippen molar-refractivity contribution < 1.29 is 9.13 Å². The molecule has 0 fully saturated rings. The van der Waals surface area contributed by atoms with Crippen LogP contribution in [-0.4, -0.2) is 23.6 Å². The number of methoxy groups -OCH3 is 1. The summed E-state index contributed by atoms with van der Waals surface area (Å²) in [5, 5.41) is 3.34. The molecule has 0 radical (unpaired) electrons. The molecule has 1 unspecified atom stereocenters. The Bertz CT molecular complexity index is 604. The molecule has 2 aromatic rings.